The van der Waals surface area contributed by atoms with Crippen molar-refractivity contribution >= 4 is 21.8 Å². The minimum absolute atomic E-state index is 0.131. The lowest BCUT2D eigenvalue weighted by molar-refractivity contribution is 0.372. The van der Waals surface area contributed by atoms with Crippen molar-refractivity contribution in [2.45, 2.75) is 18.8 Å². The third-order valence-electron chi connectivity index (χ3n) is 5.90. The first-order valence-corrected chi connectivity index (χ1v) is 10.8. The predicted molar refractivity (Wildman–Crippen MR) is 128 cm³/mol. The first kappa shape index (κ1) is 20.0. The maximum atomic E-state index is 10.1. The summed E-state index contributed by atoms with van der Waals surface area (Å²) in [7, 11) is 1.57. The van der Waals surface area contributed by atoms with E-state index in [2.05, 4.69) is 36.4 Å². The molecule has 0 aliphatic heterocycles. The van der Waals surface area contributed by atoms with E-state index in [-0.39, 0.29) is 11.7 Å². The SMILES string of the molecule is COc1cc(C(Cc2ccc3ccccc3n2)Cc2ccc3ccccc3n2)ccc1O. The van der Waals surface area contributed by atoms with Crippen LogP contribution in [0.3, 0.4) is 0 Å². The molecule has 0 aliphatic carbocycles. The van der Waals surface area contributed by atoms with Gasteiger partial charge in [-0.05, 0) is 60.7 Å². The lowest BCUT2D eigenvalue weighted by Gasteiger charge is -2.19. The summed E-state index contributed by atoms with van der Waals surface area (Å²) < 4.78 is 5.37. The Morgan fingerprint density at radius 3 is 1.84 bits per heavy atom. The van der Waals surface area contributed by atoms with Gasteiger partial charge in [-0.15, -0.1) is 0 Å². The molecule has 0 radical (unpaired) electrons. The molecule has 5 rings (SSSR count). The highest BCUT2D eigenvalue weighted by Crippen LogP contribution is 2.33. The summed E-state index contributed by atoms with van der Waals surface area (Å²) in [5, 5.41) is 12.4. The molecule has 3 aromatic carbocycles. The van der Waals surface area contributed by atoms with Gasteiger partial charge in [0, 0.05) is 22.2 Å². The molecule has 4 heteroatoms. The standard InChI is InChI=1S/C28H24N2O2/c1-32-28-18-21(12-15-27(28)31)22(16-23-13-10-19-6-2-4-8-25(19)29-23)17-24-14-11-20-7-3-5-9-26(20)30-24/h2-15,18,22,31H,16-17H2,1H3. The van der Waals surface area contributed by atoms with Crippen LogP contribution in [0, 0.1) is 0 Å². The molecule has 0 fully saturated rings. The van der Waals surface area contributed by atoms with Gasteiger partial charge in [-0.1, -0.05) is 54.6 Å². The van der Waals surface area contributed by atoms with Crippen LogP contribution in [0.15, 0.2) is 91.0 Å². The van der Waals surface area contributed by atoms with Gasteiger partial charge in [0.1, 0.15) is 0 Å². The molecule has 0 aliphatic rings. The fraction of sp³-hybridized carbons (Fsp3) is 0.143. The molecule has 0 saturated heterocycles. The third kappa shape index (κ3) is 4.12. The maximum Gasteiger partial charge on any atom is 0.160 e. The number of nitrogens with zero attached hydrogens (tertiary/aromatic N) is 2. The Kier molecular flexibility index (Phi) is 5.42. The number of rotatable bonds is 6. The lowest BCUT2D eigenvalue weighted by atomic mass is 9.89. The first-order valence-electron chi connectivity index (χ1n) is 10.8. The number of hydrogen-bond donors (Lipinski definition) is 1. The van der Waals surface area contributed by atoms with E-state index in [1.54, 1.807) is 13.2 Å². The molecular formula is C28H24N2O2. The van der Waals surface area contributed by atoms with Crippen LogP contribution in [0.1, 0.15) is 22.9 Å². The van der Waals surface area contributed by atoms with Gasteiger partial charge in [0.2, 0.25) is 0 Å². The second kappa shape index (κ2) is 8.67. The normalized spacial score (nSPS) is 11.3. The van der Waals surface area contributed by atoms with Gasteiger partial charge in [0.15, 0.2) is 11.5 Å². The molecule has 2 aromatic heterocycles. The fourth-order valence-corrected chi connectivity index (χ4v) is 4.20. The van der Waals surface area contributed by atoms with Crippen molar-refractivity contribution in [3.8, 4) is 11.5 Å². The quantitative estimate of drug-likeness (QED) is 0.362. The number of benzene rings is 3. The second-order valence-electron chi connectivity index (χ2n) is 8.03. The number of aromatic hydroxyl groups is 1. The van der Waals surface area contributed by atoms with Gasteiger partial charge < -0.3 is 9.84 Å². The van der Waals surface area contributed by atoms with E-state index in [9.17, 15) is 5.11 Å². The zero-order valence-electron chi connectivity index (χ0n) is 17.9. The van der Waals surface area contributed by atoms with Crippen LogP contribution in [0.25, 0.3) is 21.8 Å². The topological polar surface area (TPSA) is 55.2 Å². The number of pyridine rings is 2. The van der Waals surface area contributed by atoms with Crippen LogP contribution in [0.2, 0.25) is 0 Å². The summed E-state index contributed by atoms with van der Waals surface area (Å²) in [5.74, 6) is 0.750. The molecule has 0 amide bonds. The lowest BCUT2D eigenvalue weighted by Crippen LogP contribution is -2.09. The van der Waals surface area contributed by atoms with Gasteiger partial charge >= 0.3 is 0 Å². The molecule has 5 aromatic rings. The maximum absolute atomic E-state index is 10.1. The van der Waals surface area contributed by atoms with Gasteiger partial charge in [-0.3, -0.25) is 9.97 Å². The highest BCUT2D eigenvalue weighted by Gasteiger charge is 2.18. The molecule has 0 bridgehead atoms. The Labute approximate surface area is 187 Å². The van der Waals surface area contributed by atoms with Crippen LogP contribution in [-0.2, 0) is 12.8 Å². The highest BCUT2D eigenvalue weighted by atomic mass is 16.5. The molecule has 1 N–H and O–H groups in total. The number of fused-ring (bicyclic) bond motifs is 2. The Bertz CT molecular complexity index is 1320. The minimum atomic E-state index is 0.131. The first-order chi connectivity index (χ1) is 15.7. The molecule has 4 nitrogen and oxygen atoms in total. The number of hydrogen-bond acceptors (Lipinski definition) is 4. The van der Waals surface area contributed by atoms with Gasteiger partial charge in [0.05, 0.1) is 18.1 Å². The van der Waals surface area contributed by atoms with Crippen molar-refractivity contribution < 1.29 is 9.84 Å². The Balaban J connectivity index is 1.52. The van der Waals surface area contributed by atoms with E-state index in [1.165, 1.54) is 0 Å². The second-order valence-corrected chi connectivity index (χ2v) is 8.03. The summed E-state index contributed by atoms with van der Waals surface area (Å²) >= 11 is 0. The van der Waals surface area contributed by atoms with Crippen molar-refractivity contribution in [3.63, 3.8) is 0 Å². The number of phenols is 1. The highest BCUT2D eigenvalue weighted by molar-refractivity contribution is 5.79. The summed E-state index contributed by atoms with van der Waals surface area (Å²) in [5.41, 5.74) is 5.14. The van der Waals surface area contributed by atoms with Gasteiger partial charge in [-0.25, -0.2) is 0 Å². The Hall–Kier alpha value is -3.92. The average molecular weight is 421 g/mol. The van der Waals surface area contributed by atoms with Crippen LogP contribution >= 0.6 is 0 Å². The van der Waals surface area contributed by atoms with E-state index in [0.717, 1.165) is 51.6 Å². The van der Waals surface area contributed by atoms with E-state index in [1.807, 2.05) is 48.5 Å². The predicted octanol–water partition coefficient (Wildman–Crippen LogP) is 6.07. The van der Waals surface area contributed by atoms with Crippen molar-refractivity contribution in [2.75, 3.05) is 7.11 Å². The fourth-order valence-electron chi connectivity index (χ4n) is 4.20. The van der Waals surface area contributed by atoms with E-state index < -0.39 is 0 Å². The summed E-state index contributed by atoms with van der Waals surface area (Å²) in [4.78, 5) is 9.78. The third-order valence-corrected chi connectivity index (χ3v) is 5.90. The summed E-state index contributed by atoms with van der Waals surface area (Å²) in [6.07, 6.45) is 1.51. The number of ether oxygens (including phenoxy) is 1. The smallest absolute Gasteiger partial charge is 0.160 e. The van der Waals surface area contributed by atoms with Crippen LogP contribution in [0.4, 0.5) is 0 Å². The molecule has 2 heterocycles. The molecule has 158 valence electrons. The molecule has 0 unspecified atom stereocenters. The van der Waals surface area contributed by atoms with Crippen LogP contribution < -0.4 is 4.74 Å². The van der Waals surface area contributed by atoms with E-state index in [0.29, 0.717) is 5.75 Å². The average Bonchev–Trinajstić information content (AvgIpc) is 2.84. The molecule has 0 atom stereocenters. The number of para-hydroxylation sites is 2. The van der Waals surface area contributed by atoms with Crippen LogP contribution in [-0.4, -0.2) is 22.2 Å². The Morgan fingerprint density at radius 1 is 0.719 bits per heavy atom. The molecule has 0 spiro atoms. The van der Waals surface area contributed by atoms with E-state index >= 15 is 0 Å². The molecule has 0 saturated carbocycles. The van der Waals surface area contributed by atoms with Crippen molar-refractivity contribution in [1.29, 1.82) is 0 Å². The largest absolute Gasteiger partial charge is 0.504 e. The van der Waals surface area contributed by atoms with Crippen molar-refractivity contribution in [3.05, 3.63) is 108 Å². The molecular weight excluding hydrogens is 396 g/mol. The van der Waals surface area contributed by atoms with Crippen molar-refractivity contribution in [1.82, 2.24) is 9.97 Å². The monoisotopic (exact) mass is 420 g/mol. The Morgan fingerprint density at radius 2 is 1.28 bits per heavy atom. The minimum Gasteiger partial charge on any atom is -0.504 e. The number of methoxy groups -OCH3 is 1. The number of aromatic nitrogens is 2. The number of phenolic OH excluding ortho intramolecular Hbond substituents is 1. The summed E-state index contributed by atoms with van der Waals surface area (Å²) in [6.45, 7) is 0. The zero-order valence-corrected chi connectivity index (χ0v) is 17.9. The summed E-state index contributed by atoms with van der Waals surface area (Å²) in [6, 6.07) is 30.4. The van der Waals surface area contributed by atoms with Gasteiger partial charge in [0.25, 0.3) is 0 Å². The van der Waals surface area contributed by atoms with Crippen molar-refractivity contribution in [2.24, 2.45) is 0 Å². The van der Waals surface area contributed by atoms with Gasteiger partial charge in [-0.2, -0.15) is 0 Å². The van der Waals surface area contributed by atoms with E-state index in [4.69, 9.17) is 14.7 Å². The molecule has 32 heavy (non-hydrogen) atoms. The zero-order chi connectivity index (χ0) is 21.9. The van der Waals surface area contributed by atoms with Crippen LogP contribution in [0.5, 0.6) is 11.5 Å².